The van der Waals surface area contributed by atoms with Crippen LogP contribution in [0.3, 0.4) is 0 Å². The number of amides is 1. The third kappa shape index (κ3) is 3.88. The van der Waals surface area contributed by atoms with Gasteiger partial charge in [0.15, 0.2) is 0 Å². The van der Waals surface area contributed by atoms with Gasteiger partial charge >= 0.3 is 0 Å². The number of hydrogen-bond donors (Lipinski definition) is 1. The number of carbonyl (C=O) groups excluding carboxylic acids is 1. The molecule has 0 spiro atoms. The van der Waals surface area contributed by atoms with Crippen LogP contribution in [-0.4, -0.2) is 84.4 Å². The van der Waals surface area contributed by atoms with Gasteiger partial charge in [-0.1, -0.05) is 0 Å². The van der Waals surface area contributed by atoms with Crippen LogP contribution in [0.1, 0.15) is 30.7 Å². The lowest BCUT2D eigenvalue weighted by Crippen LogP contribution is -2.51. The number of piperazine rings is 1. The van der Waals surface area contributed by atoms with E-state index in [0.717, 1.165) is 19.6 Å². The standard InChI is InChI=1S/C16H27N5O3S/c1-13-16(14(2)18-17-13)25(23,24)21-11-9-20(10-12-21)15(22)5-8-19-6-3-4-7-19/h3-12H2,1-2H3,(H,17,18). The lowest BCUT2D eigenvalue weighted by molar-refractivity contribution is -0.132. The Bertz CT molecular complexity index is 697. The molecular formula is C16H27N5O3S. The van der Waals surface area contributed by atoms with Gasteiger partial charge in [0.1, 0.15) is 4.90 Å². The van der Waals surface area contributed by atoms with Crippen LogP contribution in [0.2, 0.25) is 0 Å². The fraction of sp³-hybridized carbons (Fsp3) is 0.750. The molecule has 2 aliphatic rings. The van der Waals surface area contributed by atoms with E-state index in [-0.39, 0.29) is 10.8 Å². The zero-order chi connectivity index (χ0) is 18.0. The monoisotopic (exact) mass is 369 g/mol. The highest BCUT2D eigenvalue weighted by atomic mass is 32.2. The molecule has 140 valence electrons. The summed E-state index contributed by atoms with van der Waals surface area (Å²) >= 11 is 0. The molecule has 9 heteroatoms. The van der Waals surface area contributed by atoms with Crippen LogP contribution in [-0.2, 0) is 14.8 Å². The lowest BCUT2D eigenvalue weighted by Gasteiger charge is -2.34. The number of nitrogens with zero attached hydrogens (tertiary/aromatic N) is 4. The Morgan fingerprint density at radius 1 is 1.08 bits per heavy atom. The Balaban J connectivity index is 1.55. The first-order valence-corrected chi connectivity index (χ1v) is 10.4. The first kappa shape index (κ1) is 18.3. The number of carbonyl (C=O) groups is 1. The van der Waals surface area contributed by atoms with Gasteiger partial charge in [-0.3, -0.25) is 9.89 Å². The van der Waals surface area contributed by atoms with Gasteiger partial charge in [-0.15, -0.1) is 0 Å². The molecule has 0 saturated carbocycles. The number of likely N-dealkylation sites (tertiary alicyclic amines) is 1. The van der Waals surface area contributed by atoms with E-state index in [4.69, 9.17) is 0 Å². The maximum atomic E-state index is 12.8. The second kappa shape index (κ2) is 7.43. The highest BCUT2D eigenvalue weighted by molar-refractivity contribution is 7.89. The SMILES string of the molecule is Cc1n[nH]c(C)c1S(=O)(=O)N1CCN(C(=O)CCN2CCCC2)CC1. The van der Waals surface area contributed by atoms with Gasteiger partial charge in [-0.05, 0) is 39.8 Å². The van der Waals surface area contributed by atoms with Crippen molar-refractivity contribution in [2.75, 3.05) is 45.8 Å². The van der Waals surface area contributed by atoms with Crippen molar-refractivity contribution in [3.05, 3.63) is 11.4 Å². The Labute approximate surface area is 149 Å². The van der Waals surface area contributed by atoms with Crippen LogP contribution < -0.4 is 0 Å². The fourth-order valence-electron chi connectivity index (χ4n) is 3.65. The van der Waals surface area contributed by atoms with Gasteiger partial charge in [0.25, 0.3) is 0 Å². The van der Waals surface area contributed by atoms with Crippen molar-refractivity contribution in [3.8, 4) is 0 Å². The van der Waals surface area contributed by atoms with Gasteiger partial charge in [0.05, 0.1) is 11.4 Å². The molecule has 1 aromatic rings. The number of aryl methyl sites for hydroxylation is 2. The summed E-state index contributed by atoms with van der Waals surface area (Å²) in [4.78, 5) is 16.7. The second-order valence-corrected chi connectivity index (χ2v) is 8.72. The highest BCUT2D eigenvalue weighted by Gasteiger charge is 2.33. The third-order valence-corrected chi connectivity index (χ3v) is 7.25. The molecule has 0 atom stereocenters. The van der Waals surface area contributed by atoms with Crippen molar-refractivity contribution < 1.29 is 13.2 Å². The van der Waals surface area contributed by atoms with Crippen LogP contribution in [0.5, 0.6) is 0 Å². The molecule has 0 unspecified atom stereocenters. The van der Waals surface area contributed by atoms with E-state index in [9.17, 15) is 13.2 Å². The molecule has 0 bridgehead atoms. The molecule has 1 N–H and O–H groups in total. The van der Waals surface area contributed by atoms with E-state index in [0.29, 0.717) is 44.0 Å². The predicted octanol–water partition coefficient (Wildman–Crippen LogP) is 0.345. The quantitative estimate of drug-likeness (QED) is 0.809. The van der Waals surface area contributed by atoms with Crippen LogP contribution in [0.25, 0.3) is 0 Å². The molecule has 0 aromatic carbocycles. The Hall–Kier alpha value is -1.45. The predicted molar refractivity (Wildman–Crippen MR) is 93.7 cm³/mol. The smallest absolute Gasteiger partial charge is 0.246 e. The number of aromatic amines is 1. The molecule has 1 amide bonds. The average Bonchev–Trinajstić information content (AvgIpc) is 3.22. The normalized spacial score (nSPS) is 20.3. The van der Waals surface area contributed by atoms with Crippen LogP contribution in [0, 0.1) is 13.8 Å². The van der Waals surface area contributed by atoms with Crippen molar-refractivity contribution in [3.63, 3.8) is 0 Å². The molecule has 0 radical (unpaired) electrons. The first-order chi connectivity index (χ1) is 11.9. The van der Waals surface area contributed by atoms with Gasteiger partial charge in [0, 0.05) is 39.1 Å². The molecule has 3 rings (SSSR count). The molecule has 2 fully saturated rings. The summed E-state index contributed by atoms with van der Waals surface area (Å²) in [5.74, 6) is 0.125. The average molecular weight is 369 g/mol. The molecule has 2 saturated heterocycles. The number of hydrogen-bond acceptors (Lipinski definition) is 5. The number of sulfonamides is 1. The summed E-state index contributed by atoms with van der Waals surface area (Å²) < 4.78 is 27.1. The second-order valence-electron chi connectivity index (χ2n) is 6.85. The van der Waals surface area contributed by atoms with E-state index >= 15 is 0 Å². The number of aromatic nitrogens is 2. The summed E-state index contributed by atoms with van der Waals surface area (Å²) in [7, 11) is -3.56. The van der Waals surface area contributed by atoms with E-state index in [2.05, 4.69) is 15.1 Å². The maximum Gasteiger partial charge on any atom is 0.246 e. The van der Waals surface area contributed by atoms with Crippen LogP contribution >= 0.6 is 0 Å². The summed E-state index contributed by atoms with van der Waals surface area (Å²) in [6, 6.07) is 0. The molecule has 25 heavy (non-hydrogen) atoms. The van der Waals surface area contributed by atoms with Gasteiger partial charge in [-0.25, -0.2) is 8.42 Å². The van der Waals surface area contributed by atoms with Crippen molar-refractivity contribution in [2.24, 2.45) is 0 Å². The molecule has 0 aliphatic carbocycles. The summed E-state index contributed by atoms with van der Waals surface area (Å²) in [6.07, 6.45) is 2.96. The minimum atomic E-state index is -3.56. The minimum Gasteiger partial charge on any atom is -0.340 e. The molecular weight excluding hydrogens is 342 g/mol. The van der Waals surface area contributed by atoms with Crippen LogP contribution in [0.4, 0.5) is 0 Å². The summed E-state index contributed by atoms with van der Waals surface area (Å²) in [6.45, 7) is 7.96. The van der Waals surface area contributed by atoms with Crippen molar-refractivity contribution >= 4 is 15.9 Å². The molecule has 3 heterocycles. The Morgan fingerprint density at radius 2 is 1.72 bits per heavy atom. The van der Waals surface area contributed by atoms with E-state index < -0.39 is 10.0 Å². The number of H-pyrrole nitrogens is 1. The largest absolute Gasteiger partial charge is 0.340 e. The summed E-state index contributed by atoms with van der Waals surface area (Å²) in [5, 5.41) is 6.71. The minimum absolute atomic E-state index is 0.125. The zero-order valence-corrected chi connectivity index (χ0v) is 15.8. The highest BCUT2D eigenvalue weighted by Crippen LogP contribution is 2.22. The topological polar surface area (TPSA) is 89.6 Å². The molecule has 2 aliphatic heterocycles. The fourth-order valence-corrected chi connectivity index (χ4v) is 5.40. The summed E-state index contributed by atoms with van der Waals surface area (Å²) in [5.41, 5.74) is 1.04. The Morgan fingerprint density at radius 3 is 2.28 bits per heavy atom. The maximum absolute atomic E-state index is 12.8. The van der Waals surface area contributed by atoms with Crippen molar-refractivity contribution in [1.82, 2.24) is 24.3 Å². The lowest BCUT2D eigenvalue weighted by atomic mass is 10.3. The zero-order valence-electron chi connectivity index (χ0n) is 15.0. The van der Waals surface area contributed by atoms with Crippen molar-refractivity contribution in [2.45, 2.75) is 38.0 Å². The van der Waals surface area contributed by atoms with E-state index in [1.54, 1.807) is 18.7 Å². The van der Waals surface area contributed by atoms with Gasteiger partial charge in [0.2, 0.25) is 15.9 Å². The van der Waals surface area contributed by atoms with Gasteiger partial charge in [-0.2, -0.15) is 9.40 Å². The van der Waals surface area contributed by atoms with Crippen LogP contribution in [0.15, 0.2) is 4.90 Å². The number of rotatable bonds is 5. The number of nitrogens with one attached hydrogen (secondary N) is 1. The molecule has 8 nitrogen and oxygen atoms in total. The van der Waals surface area contributed by atoms with E-state index in [1.165, 1.54) is 17.1 Å². The van der Waals surface area contributed by atoms with E-state index in [1.807, 2.05) is 0 Å². The van der Waals surface area contributed by atoms with Gasteiger partial charge < -0.3 is 9.80 Å². The van der Waals surface area contributed by atoms with Crippen molar-refractivity contribution in [1.29, 1.82) is 0 Å². The first-order valence-electron chi connectivity index (χ1n) is 8.91. The third-order valence-electron chi connectivity index (χ3n) is 5.09. The molecule has 1 aromatic heterocycles. The Kier molecular flexibility index (Phi) is 5.45.